The summed E-state index contributed by atoms with van der Waals surface area (Å²) in [5.74, 6) is 0. The van der Waals surface area contributed by atoms with E-state index in [0.29, 0.717) is 11.1 Å². The number of nitrogens with zero attached hydrogens (tertiary/aromatic N) is 2. The number of halogens is 2. The van der Waals surface area contributed by atoms with Gasteiger partial charge in [0.15, 0.2) is 0 Å². The van der Waals surface area contributed by atoms with Crippen LogP contribution in [0.15, 0.2) is 12.8 Å². The van der Waals surface area contributed by atoms with Crippen LogP contribution in [0.5, 0.6) is 0 Å². The normalized spacial score (nSPS) is 10.8. The maximum atomic E-state index is 12.4. The summed E-state index contributed by atoms with van der Waals surface area (Å²) in [6.07, 6.45) is -1.09. The number of aromatic nitrogens is 2. The molecule has 0 bridgehead atoms. The predicted octanol–water partition coefficient (Wildman–Crippen LogP) is 1.33. The SMILES string of the molecule is C=C(CN)c1cn(C)nc1C(F)F. The highest BCUT2D eigenvalue weighted by molar-refractivity contribution is 5.66. The molecule has 13 heavy (non-hydrogen) atoms. The van der Waals surface area contributed by atoms with E-state index in [4.69, 9.17) is 5.73 Å². The first-order valence-corrected chi connectivity index (χ1v) is 3.76. The van der Waals surface area contributed by atoms with E-state index >= 15 is 0 Å². The lowest BCUT2D eigenvalue weighted by Crippen LogP contribution is -2.02. The average molecular weight is 187 g/mol. The van der Waals surface area contributed by atoms with Crippen molar-refractivity contribution in [3.05, 3.63) is 24.0 Å². The number of hydrogen-bond donors (Lipinski definition) is 1. The van der Waals surface area contributed by atoms with Crippen LogP contribution in [-0.2, 0) is 7.05 Å². The first-order chi connectivity index (χ1) is 6.06. The molecule has 0 saturated carbocycles. The molecule has 72 valence electrons. The number of rotatable bonds is 3. The molecular formula is C8H11F2N3. The van der Waals surface area contributed by atoms with E-state index in [1.165, 1.54) is 10.9 Å². The maximum Gasteiger partial charge on any atom is 0.282 e. The van der Waals surface area contributed by atoms with Crippen LogP contribution < -0.4 is 5.73 Å². The van der Waals surface area contributed by atoms with Crippen LogP contribution in [0.1, 0.15) is 17.7 Å². The zero-order valence-electron chi connectivity index (χ0n) is 7.30. The largest absolute Gasteiger partial charge is 0.326 e. The monoisotopic (exact) mass is 187 g/mol. The summed E-state index contributed by atoms with van der Waals surface area (Å²) in [5.41, 5.74) is 5.87. The van der Waals surface area contributed by atoms with Crippen LogP contribution in [0.2, 0.25) is 0 Å². The number of hydrogen-bond acceptors (Lipinski definition) is 2. The number of nitrogens with two attached hydrogens (primary N) is 1. The molecule has 0 spiro atoms. The van der Waals surface area contributed by atoms with Crippen LogP contribution in [0.25, 0.3) is 5.57 Å². The predicted molar refractivity (Wildman–Crippen MR) is 46.3 cm³/mol. The van der Waals surface area contributed by atoms with E-state index in [1.54, 1.807) is 7.05 Å². The highest BCUT2D eigenvalue weighted by atomic mass is 19.3. The summed E-state index contributed by atoms with van der Waals surface area (Å²) in [6.45, 7) is 3.75. The summed E-state index contributed by atoms with van der Waals surface area (Å²) >= 11 is 0. The summed E-state index contributed by atoms with van der Waals surface area (Å²) in [4.78, 5) is 0. The fourth-order valence-electron chi connectivity index (χ4n) is 1.05. The van der Waals surface area contributed by atoms with Crippen molar-refractivity contribution in [1.82, 2.24) is 9.78 Å². The van der Waals surface area contributed by atoms with Crippen LogP contribution in [0.3, 0.4) is 0 Å². The second-order valence-corrected chi connectivity index (χ2v) is 2.71. The third-order valence-corrected chi connectivity index (χ3v) is 1.69. The van der Waals surface area contributed by atoms with E-state index in [-0.39, 0.29) is 12.2 Å². The zero-order valence-corrected chi connectivity index (χ0v) is 7.30. The van der Waals surface area contributed by atoms with Gasteiger partial charge in [-0.25, -0.2) is 8.78 Å². The molecule has 0 fully saturated rings. The maximum absolute atomic E-state index is 12.4. The van der Waals surface area contributed by atoms with Gasteiger partial charge in [-0.3, -0.25) is 4.68 Å². The van der Waals surface area contributed by atoms with Gasteiger partial charge in [-0.1, -0.05) is 6.58 Å². The van der Waals surface area contributed by atoms with Gasteiger partial charge in [0.1, 0.15) is 5.69 Å². The smallest absolute Gasteiger partial charge is 0.282 e. The topological polar surface area (TPSA) is 43.8 Å². The lowest BCUT2D eigenvalue weighted by Gasteiger charge is -2.00. The molecule has 0 unspecified atom stereocenters. The Balaban J connectivity index is 3.11. The Bertz CT molecular complexity index is 317. The van der Waals surface area contributed by atoms with Crippen molar-refractivity contribution in [2.24, 2.45) is 12.8 Å². The molecule has 0 aliphatic rings. The molecule has 1 heterocycles. The van der Waals surface area contributed by atoms with Crippen molar-refractivity contribution in [2.45, 2.75) is 6.43 Å². The lowest BCUT2D eigenvalue weighted by molar-refractivity contribution is 0.145. The third kappa shape index (κ3) is 1.92. The highest BCUT2D eigenvalue weighted by Crippen LogP contribution is 2.24. The standard InChI is InChI=1S/C8H11F2N3/c1-5(3-11)6-4-13(2)12-7(6)8(9)10/h4,8H,1,3,11H2,2H3. The zero-order chi connectivity index (χ0) is 10.0. The molecule has 3 nitrogen and oxygen atoms in total. The van der Waals surface area contributed by atoms with Gasteiger partial charge < -0.3 is 5.73 Å². The van der Waals surface area contributed by atoms with E-state index in [1.807, 2.05) is 0 Å². The van der Waals surface area contributed by atoms with Crippen LogP contribution >= 0.6 is 0 Å². The van der Waals surface area contributed by atoms with Gasteiger partial charge in [0.05, 0.1) is 0 Å². The van der Waals surface area contributed by atoms with Gasteiger partial charge in [0.2, 0.25) is 0 Å². The quantitative estimate of drug-likeness (QED) is 0.775. The van der Waals surface area contributed by atoms with Crippen LogP contribution in [0.4, 0.5) is 8.78 Å². The molecule has 0 saturated heterocycles. The van der Waals surface area contributed by atoms with Gasteiger partial charge in [0.25, 0.3) is 6.43 Å². The molecule has 2 N–H and O–H groups in total. The van der Waals surface area contributed by atoms with Crippen molar-refractivity contribution >= 4 is 5.57 Å². The van der Waals surface area contributed by atoms with Crippen LogP contribution in [-0.4, -0.2) is 16.3 Å². The Labute approximate surface area is 74.8 Å². The average Bonchev–Trinajstić information content (AvgIpc) is 2.46. The van der Waals surface area contributed by atoms with Gasteiger partial charge in [0, 0.05) is 25.4 Å². The van der Waals surface area contributed by atoms with Crippen molar-refractivity contribution in [2.75, 3.05) is 6.54 Å². The number of aryl methyl sites for hydroxylation is 1. The Hall–Kier alpha value is -1.23. The summed E-state index contributed by atoms with van der Waals surface area (Å²) in [6, 6.07) is 0. The second kappa shape index (κ2) is 3.66. The van der Waals surface area contributed by atoms with Crippen molar-refractivity contribution < 1.29 is 8.78 Å². The molecule has 0 aromatic carbocycles. The molecule has 0 aliphatic heterocycles. The third-order valence-electron chi connectivity index (χ3n) is 1.69. The molecule has 1 aromatic heterocycles. The Morgan fingerprint density at radius 3 is 2.85 bits per heavy atom. The second-order valence-electron chi connectivity index (χ2n) is 2.71. The molecule has 0 aliphatic carbocycles. The summed E-state index contributed by atoms with van der Waals surface area (Å²) in [7, 11) is 1.58. The molecule has 0 amide bonds. The highest BCUT2D eigenvalue weighted by Gasteiger charge is 2.18. The van der Waals surface area contributed by atoms with Gasteiger partial charge in [-0.05, 0) is 5.57 Å². The van der Waals surface area contributed by atoms with E-state index in [0.717, 1.165) is 0 Å². The van der Waals surface area contributed by atoms with Gasteiger partial charge in [-0.2, -0.15) is 5.10 Å². The minimum absolute atomic E-state index is 0.158. The van der Waals surface area contributed by atoms with E-state index < -0.39 is 6.43 Å². The molecule has 1 rings (SSSR count). The van der Waals surface area contributed by atoms with E-state index in [2.05, 4.69) is 11.7 Å². The first kappa shape index (κ1) is 9.85. The number of alkyl halides is 2. The van der Waals surface area contributed by atoms with Gasteiger partial charge in [-0.15, -0.1) is 0 Å². The lowest BCUT2D eigenvalue weighted by atomic mass is 10.1. The first-order valence-electron chi connectivity index (χ1n) is 3.76. The van der Waals surface area contributed by atoms with E-state index in [9.17, 15) is 8.78 Å². The minimum atomic E-state index is -2.58. The fraction of sp³-hybridized carbons (Fsp3) is 0.375. The van der Waals surface area contributed by atoms with Crippen LogP contribution in [0, 0.1) is 0 Å². The summed E-state index contributed by atoms with van der Waals surface area (Å²) < 4.78 is 26.1. The Morgan fingerprint density at radius 1 is 1.77 bits per heavy atom. The Kier molecular flexibility index (Phi) is 2.77. The van der Waals surface area contributed by atoms with Crippen molar-refractivity contribution in [3.63, 3.8) is 0 Å². The molecular weight excluding hydrogens is 176 g/mol. The molecule has 0 atom stereocenters. The van der Waals surface area contributed by atoms with Crippen molar-refractivity contribution in [3.8, 4) is 0 Å². The molecule has 1 aromatic rings. The molecule has 5 heteroatoms. The van der Waals surface area contributed by atoms with Gasteiger partial charge >= 0.3 is 0 Å². The van der Waals surface area contributed by atoms with Crippen molar-refractivity contribution in [1.29, 1.82) is 0 Å². The minimum Gasteiger partial charge on any atom is -0.326 e. The summed E-state index contributed by atoms with van der Waals surface area (Å²) in [5, 5.41) is 3.63. The molecule has 0 radical (unpaired) electrons. The fourth-order valence-corrected chi connectivity index (χ4v) is 1.05. The Morgan fingerprint density at radius 2 is 2.38 bits per heavy atom.